The lowest BCUT2D eigenvalue weighted by Gasteiger charge is -2.32. The second kappa shape index (κ2) is 3.15. The molecule has 0 amide bonds. The van der Waals surface area contributed by atoms with E-state index in [1.165, 1.54) is 33.3 Å². The van der Waals surface area contributed by atoms with Crippen LogP contribution in [0.4, 0.5) is 0 Å². The van der Waals surface area contributed by atoms with Crippen molar-refractivity contribution in [3.63, 3.8) is 0 Å². The van der Waals surface area contributed by atoms with Crippen molar-refractivity contribution in [2.45, 2.75) is 12.8 Å². The van der Waals surface area contributed by atoms with Gasteiger partial charge >= 0.3 is 0 Å². The van der Waals surface area contributed by atoms with Crippen LogP contribution < -0.4 is 10.6 Å². The molecule has 0 atom stereocenters. The summed E-state index contributed by atoms with van der Waals surface area (Å²) in [4.78, 5) is 7.11. The van der Waals surface area contributed by atoms with Gasteiger partial charge in [-0.1, -0.05) is 24.3 Å². The van der Waals surface area contributed by atoms with Crippen LogP contribution in [0.5, 0.6) is 0 Å². The third-order valence-electron chi connectivity index (χ3n) is 4.24. The van der Waals surface area contributed by atoms with E-state index in [0.29, 0.717) is 0 Å². The van der Waals surface area contributed by atoms with Crippen molar-refractivity contribution < 1.29 is 0 Å². The van der Waals surface area contributed by atoms with Crippen molar-refractivity contribution in [2.75, 3.05) is 0 Å². The largest absolute Gasteiger partial charge is 0.324 e. The maximum Gasteiger partial charge on any atom is 0.0772 e. The molecule has 5 aliphatic rings. The van der Waals surface area contributed by atoms with Gasteiger partial charge in [-0.25, -0.2) is 4.99 Å². The summed E-state index contributed by atoms with van der Waals surface area (Å²) in [5, 5.41) is 2.37. The molecule has 0 aromatic heterocycles. The fourth-order valence-corrected chi connectivity index (χ4v) is 3.36. The maximum absolute atomic E-state index is 4.87. The Hall–Kier alpha value is -2.35. The Bertz CT molecular complexity index is 863. The molecule has 4 bridgehead atoms. The van der Waals surface area contributed by atoms with Gasteiger partial charge in [0.25, 0.3) is 0 Å². The summed E-state index contributed by atoms with van der Waals surface area (Å²) in [5.41, 5.74) is 6.65. The van der Waals surface area contributed by atoms with Crippen molar-refractivity contribution in [3.8, 4) is 0 Å². The number of rotatable bonds is 0. The topological polar surface area (TPSA) is 15.6 Å². The first-order chi connectivity index (χ1) is 9.40. The highest BCUT2D eigenvalue weighted by molar-refractivity contribution is 5.78. The van der Waals surface area contributed by atoms with Gasteiger partial charge in [-0.15, -0.1) is 0 Å². The first-order valence-corrected chi connectivity index (χ1v) is 6.68. The Morgan fingerprint density at radius 2 is 2.11 bits per heavy atom. The Morgan fingerprint density at radius 1 is 1.16 bits per heavy atom. The molecule has 4 aliphatic heterocycles. The lowest BCUT2D eigenvalue weighted by Crippen LogP contribution is -2.22. The van der Waals surface area contributed by atoms with E-state index in [-0.39, 0.29) is 0 Å². The Morgan fingerprint density at radius 3 is 3.05 bits per heavy atom. The number of nitrogens with zero attached hydrogens (tertiary/aromatic N) is 2. The summed E-state index contributed by atoms with van der Waals surface area (Å²) in [6.07, 6.45) is 11.1. The van der Waals surface area contributed by atoms with Crippen LogP contribution in [-0.4, -0.2) is 4.90 Å². The molecule has 2 heteroatoms. The number of hydrogen-bond donors (Lipinski definition) is 0. The molecule has 0 spiro atoms. The number of hydrogen-bond acceptors (Lipinski definition) is 2. The van der Waals surface area contributed by atoms with Crippen molar-refractivity contribution in [3.05, 3.63) is 81.9 Å². The number of para-hydroxylation sites is 1. The monoisotopic (exact) mass is 244 g/mol. The average molecular weight is 244 g/mol. The second-order valence-electron chi connectivity index (χ2n) is 5.35. The Kier molecular flexibility index (Phi) is 1.59. The van der Waals surface area contributed by atoms with Crippen molar-refractivity contribution in [1.29, 1.82) is 0 Å². The van der Waals surface area contributed by atoms with Crippen LogP contribution in [0.25, 0.3) is 5.57 Å². The van der Waals surface area contributed by atoms with E-state index < -0.39 is 0 Å². The minimum Gasteiger partial charge on any atom is -0.324 e. The van der Waals surface area contributed by atoms with Crippen LogP contribution in [0.3, 0.4) is 0 Å². The zero-order chi connectivity index (χ0) is 12.4. The maximum atomic E-state index is 4.87. The summed E-state index contributed by atoms with van der Waals surface area (Å²) < 4.78 is 0. The Balaban J connectivity index is 1.94. The van der Waals surface area contributed by atoms with Crippen molar-refractivity contribution in [1.82, 2.24) is 4.90 Å². The van der Waals surface area contributed by atoms with E-state index in [1.54, 1.807) is 0 Å². The van der Waals surface area contributed by atoms with Gasteiger partial charge in [-0.3, -0.25) is 0 Å². The van der Waals surface area contributed by atoms with Crippen LogP contribution in [0, 0.1) is 0 Å². The minimum absolute atomic E-state index is 1.06. The van der Waals surface area contributed by atoms with Crippen molar-refractivity contribution >= 4 is 5.57 Å². The summed E-state index contributed by atoms with van der Waals surface area (Å²) >= 11 is 0. The van der Waals surface area contributed by atoms with Gasteiger partial charge in [-0.2, -0.15) is 0 Å². The molecule has 0 saturated heterocycles. The highest BCUT2D eigenvalue weighted by Gasteiger charge is 2.29. The number of benzene rings is 1. The quantitative estimate of drug-likeness (QED) is 0.682. The molecule has 0 radical (unpaired) electrons. The molecule has 0 N–H and O–H groups in total. The average Bonchev–Trinajstić information content (AvgIpc) is 2.79. The number of allylic oxidation sites excluding steroid dienone is 4. The first kappa shape index (κ1) is 9.56. The summed E-state index contributed by atoms with van der Waals surface area (Å²) in [6, 6.07) is 8.42. The molecular formula is C17H12N2. The molecule has 6 rings (SSSR count). The normalized spacial score (nSPS) is 21.7. The summed E-state index contributed by atoms with van der Waals surface area (Å²) in [7, 11) is 0. The molecule has 0 unspecified atom stereocenters. The highest BCUT2D eigenvalue weighted by atomic mass is 15.1. The van der Waals surface area contributed by atoms with Crippen molar-refractivity contribution in [2.24, 2.45) is 4.99 Å². The van der Waals surface area contributed by atoms with E-state index in [2.05, 4.69) is 53.7 Å². The summed E-state index contributed by atoms with van der Waals surface area (Å²) in [6.45, 7) is 0. The van der Waals surface area contributed by atoms with Gasteiger partial charge in [0.05, 0.1) is 11.1 Å². The standard InChI is InChI=1S/C17H12N2/c1-2-4-15-12(3-1)13-7-8-19-10-11-5-6-16(19)14(9-11)17(13)18-15/h1-4,6-8,10H,5,9H2. The predicted molar refractivity (Wildman–Crippen MR) is 74.0 cm³/mol. The van der Waals surface area contributed by atoms with Gasteiger partial charge in [-0.05, 0) is 30.6 Å². The smallest absolute Gasteiger partial charge is 0.0772 e. The highest BCUT2D eigenvalue weighted by Crippen LogP contribution is 2.42. The Labute approximate surface area is 111 Å². The zero-order valence-electron chi connectivity index (χ0n) is 10.4. The van der Waals surface area contributed by atoms with Crippen LogP contribution in [0.2, 0.25) is 0 Å². The SMILES string of the molecule is C1=CN2C=C3CC=C2C(=C2N=c4ccccc4=C12)C3. The second-order valence-corrected chi connectivity index (χ2v) is 5.35. The molecule has 0 fully saturated rings. The molecule has 1 aromatic carbocycles. The van der Waals surface area contributed by atoms with Gasteiger partial charge in [0.15, 0.2) is 0 Å². The lowest BCUT2D eigenvalue weighted by atomic mass is 9.88. The first-order valence-electron chi connectivity index (χ1n) is 6.68. The van der Waals surface area contributed by atoms with E-state index in [0.717, 1.165) is 18.2 Å². The molecule has 2 nitrogen and oxygen atoms in total. The third-order valence-corrected chi connectivity index (χ3v) is 4.24. The van der Waals surface area contributed by atoms with Gasteiger partial charge in [0.1, 0.15) is 0 Å². The van der Waals surface area contributed by atoms with Crippen LogP contribution in [0.1, 0.15) is 12.8 Å². The van der Waals surface area contributed by atoms with E-state index in [4.69, 9.17) is 4.99 Å². The van der Waals surface area contributed by atoms with Gasteiger partial charge in [0, 0.05) is 34.5 Å². The molecule has 19 heavy (non-hydrogen) atoms. The van der Waals surface area contributed by atoms with Gasteiger partial charge < -0.3 is 4.90 Å². The number of fused-ring (bicyclic) bond motifs is 3. The molecular weight excluding hydrogens is 232 g/mol. The predicted octanol–water partition coefficient (Wildman–Crippen LogP) is 2.13. The lowest BCUT2D eigenvalue weighted by molar-refractivity contribution is 0.579. The van der Waals surface area contributed by atoms with Gasteiger partial charge in [0.2, 0.25) is 0 Å². The zero-order valence-corrected chi connectivity index (χ0v) is 10.4. The minimum atomic E-state index is 1.06. The molecule has 1 aromatic rings. The van der Waals surface area contributed by atoms with Crippen LogP contribution >= 0.6 is 0 Å². The van der Waals surface area contributed by atoms with Crippen LogP contribution in [-0.2, 0) is 0 Å². The summed E-state index contributed by atoms with van der Waals surface area (Å²) in [5.74, 6) is 0. The van der Waals surface area contributed by atoms with Crippen LogP contribution in [0.15, 0.2) is 76.4 Å². The molecule has 4 heterocycles. The molecule has 0 saturated carbocycles. The fraction of sp³-hybridized carbons (Fsp3) is 0.118. The fourth-order valence-electron chi connectivity index (χ4n) is 3.36. The molecule has 1 aliphatic carbocycles. The third kappa shape index (κ3) is 1.14. The van der Waals surface area contributed by atoms with E-state index in [1.807, 2.05) is 0 Å². The van der Waals surface area contributed by atoms with E-state index in [9.17, 15) is 0 Å². The van der Waals surface area contributed by atoms with E-state index >= 15 is 0 Å². The molecule has 90 valence electrons.